The molecule has 1 aromatic heterocycles. The molecule has 0 atom stereocenters. The van der Waals surface area contributed by atoms with Crippen molar-refractivity contribution in [2.24, 2.45) is 0 Å². The zero-order valence-electron chi connectivity index (χ0n) is 15.9. The summed E-state index contributed by atoms with van der Waals surface area (Å²) in [5.41, 5.74) is 1.76. The molecule has 0 bridgehead atoms. The number of carbonyl (C=O) groups is 2. The third-order valence-electron chi connectivity index (χ3n) is 4.39. The van der Waals surface area contributed by atoms with Crippen LogP contribution in [0.25, 0.3) is 17.4 Å². The Morgan fingerprint density at radius 2 is 1.97 bits per heavy atom. The number of carboxylic acid groups (broad SMARTS) is 1. The van der Waals surface area contributed by atoms with Crippen LogP contribution in [0.1, 0.15) is 28.6 Å². The lowest BCUT2D eigenvalue weighted by molar-refractivity contribution is -0.255. The molecule has 0 unspecified atom stereocenters. The first-order chi connectivity index (χ1) is 14.4. The summed E-state index contributed by atoms with van der Waals surface area (Å²) in [7, 11) is 0. The highest BCUT2D eigenvalue weighted by Crippen LogP contribution is 2.31. The summed E-state index contributed by atoms with van der Waals surface area (Å²) in [5.74, 6) is -1.36. The lowest BCUT2D eigenvalue weighted by atomic mass is 10.1. The van der Waals surface area contributed by atoms with Gasteiger partial charge in [-0.25, -0.2) is 0 Å². The van der Waals surface area contributed by atoms with Crippen LogP contribution in [-0.4, -0.2) is 11.9 Å². The first kappa shape index (κ1) is 20.9. The molecular formula is C23H16ClN2O4-. The Hall–Kier alpha value is -3.82. The van der Waals surface area contributed by atoms with Crippen LogP contribution in [0.15, 0.2) is 64.6 Å². The number of amides is 1. The Balaban J connectivity index is 1.87. The average molecular weight is 420 g/mol. The monoisotopic (exact) mass is 419 g/mol. The summed E-state index contributed by atoms with van der Waals surface area (Å²) in [6, 6.07) is 16.4. The van der Waals surface area contributed by atoms with Gasteiger partial charge in [0.15, 0.2) is 0 Å². The quantitative estimate of drug-likeness (QED) is 0.478. The van der Waals surface area contributed by atoms with Crippen LogP contribution in [0.5, 0.6) is 0 Å². The highest BCUT2D eigenvalue weighted by Gasteiger charge is 2.14. The van der Waals surface area contributed by atoms with Gasteiger partial charge in [0.2, 0.25) is 0 Å². The highest BCUT2D eigenvalue weighted by molar-refractivity contribution is 6.33. The first-order valence-electron chi connectivity index (χ1n) is 9.05. The molecule has 0 aliphatic heterocycles. The third kappa shape index (κ3) is 4.59. The number of aryl methyl sites for hydroxylation is 1. The molecule has 150 valence electrons. The molecule has 1 heterocycles. The third-order valence-corrected chi connectivity index (χ3v) is 4.72. The summed E-state index contributed by atoms with van der Waals surface area (Å²) >= 11 is 6.14. The Kier molecular flexibility index (Phi) is 6.35. The molecule has 3 aromatic rings. The molecule has 6 nitrogen and oxygen atoms in total. The minimum absolute atomic E-state index is 0.0467. The number of anilines is 1. The van der Waals surface area contributed by atoms with Crippen LogP contribution in [0, 0.1) is 11.3 Å². The molecule has 0 spiro atoms. The van der Waals surface area contributed by atoms with E-state index in [1.807, 2.05) is 25.1 Å². The fourth-order valence-corrected chi connectivity index (χ4v) is 3.06. The number of carboxylic acids is 1. The van der Waals surface area contributed by atoms with Gasteiger partial charge in [-0.05, 0) is 47.9 Å². The standard InChI is InChI=1S/C23H17ClN2O4/c1-2-14-5-3-4-6-20(14)26-22(27)16(13-25)11-17-8-10-21(30-17)18-12-15(23(28)29)7-9-19(18)24/h3-12H,2H2,1H3,(H,26,27)(H,28,29)/p-1/b16-11+. The van der Waals surface area contributed by atoms with E-state index in [4.69, 9.17) is 16.0 Å². The number of benzene rings is 2. The zero-order valence-corrected chi connectivity index (χ0v) is 16.7. The molecule has 2 aromatic carbocycles. The summed E-state index contributed by atoms with van der Waals surface area (Å²) in [4.78, 5) is 23.6. The van der Waals surface area contributed by atoms with Crippen LogP contribution in [0.2, 0.25) is 5.02 Å². The summed E-state index contributed by atoms with van der Waals surface area (Å²) in [6.07, 6.45) is 2.04. The topological polar surface area (TPSA) is 106 Å². The maximum atomic E-state index is 12.5. The molecule has 1 N–H and O–H groups in total. The van der Waals surface area contributed by atoms with E-state index < -0.39 is 11.9 Å². The molecule has 30 heavy (non-hydrogen) atoms. The van der Waals surface area contributed by atoms with Gasteiger partial charge < -0.3 is 19.6 Å². The second-order valence-corrected chi connectivity index (χ2v) is 6.73. The number of nitrogens with zero attached hydrogens (tertiary/aromatic N) is 1. The van der Waals surface area contributed by atoms with Gasteiger partial charge in [-0.3, -0.25) is 4.79 Å². The van der Waals surface area contributed by atoms with Crippen LogP contribution in [0.4, 0.5) is 5.69 Å². The van der Waals surface area contributed by atoms with Gasteiger partial charge >= 0.3 is 0 Å². The van der Waals surface area contributed by atoms with Crippen LogP contribution in [-0.2, 0) is 11.2 Å². The van der Waals surface area contributed by atoms with Gasteiger partial charge in [0.25, 0.3) is 5.91 Å². The number of furan rings is 1. The van der Waals surface area contributed by atoms with Gasteiger partial charge in [-0.2, -0.15) is 5.26 Å². The lowest BCUT2D eigenvalue weighted by Crippen LogP contribution is -2.22. The van der Waals surface area contributed by atoms with E-state index in [0.717, 1.165) is 12.0 Å². The van der Waals surface area contributed by atoms with Crippen molar-refractivity contribution in [2.45, 2.75) is 13.3 Å². The van der Waals surface area contributed by atoms with Crippen molar-refractivity contribution in [1.82, 2.24) is 0 Å². The molecule has 0 aliphatic rings. The van der Waals surface area contributed by atoms with Crippen LogP contribution in [0.3, 0.4) is 0 Å². The van der Waals surface area contributed by atoms with E-state index in [0.29, 0.717) is 22.0 Å². The molecule has 1 amide bonds. The van der Waals surface area contributed by atoms with Crippen molar-refractivity contribution in [3.05, 3.63) is 82.1 Å². The number of hydrogen-bond donors (Lipinski definition) is 1. The van der Waals surface area contributed by atoms with Crippen molar-refractivity contribution in [2.75, 3.05) is 5.32 Å². The summed E-state index contributed by atoms with van der Waals surface area (Å²) < 4.78 is 5.66. The first-order valence-corrected chi connectivity index (χ1v) is 9.43. The second kappa shape index (κ2) is 9.12. The molecule has 7 heteroatoms. The molecule has 0 fully saturated rings. The van der Waals surface area contributed by atoms with Gasteiger partial charge in [0.05, 0.1) is 11.0 Å². The molecule has 0 radical (unpaired) electrons. The number of aromatic carboxylic acids is 1. The van der Waals surface area contributed by atoms with Crippen molar-refractivity contribution in [1.29, 1.82) is 5.26 Å². The maximum Gasteiger partial charge on any atom is 0.266 e. The number of rotatable bonds is 6. The number of hydrogen-bond acceptors (Lipinski definition) is 5. The number of nitriles is 1. The van der Waals surface area contributed by atoms with Crippen molar-refractivity contribution in [3.63, 3.8) is 0 Å². The van der Waals surface area contributed by atoms with Crippen molar-refractivity contribution in [3.8, 4) is 17.4 Å². The number of halogens is 1. The van der Waals surface area contributed by atoms with Gasteiger partial charge in [-0.1, -0.05) is 42.8 Å². The van der Waals surface area contributed by atoms with Crippen molar-refractivity contribution < 1.29 is 19.1 Å². The van der Waals surface area contributed by atoms with E-state index in [1.54, 1.807) is 24.3 Å². The zero-order chi connectivity index (χ0) is 21.7. The van der Waals surface area contributed by atoms with E-state index in [2.05, 4.69) is 5.32 Å². The SMILES string of the molecule is CCc1ccccc1NC(=O)/C(C#N)=C/c1ccc(-c2cc(C(=O)[O-])ccc2Cl)o1. The highest BCUT2D eigenvalue weighted by atomic mass is 35.5. The summed E-state index contributed by atoms with van der Waals surface area (Å²) in [5, 5.41) is 23.5. The van der Waals surface area contributed by atoms with Crippen molar-refractivity contribution >= 4 is 35.2 Å². The van der Waals surface area contributed by atoms with Gasteiger partial charge in [-0.15, -0.1) is 0 Å². The summed E-state index contributed by atoms with van der Waals surface area (Å²) in [6.45, 7) is 1.97. The predicted octanol–water partition coefficient (Wildman–Crippen LogP) is 4.07. The van der Waals surface area contributed by atoms with Crippen LogP contribution >= 0.6 is 11.6 Å². The average Bonchev–Trinajstić information content (AvgIpc) is 3.20. The normalized spacial score (nSPS) is 11.0. The van der Waals surface area contributed by atoms with Gasteiger partial charge in [0, 0.05) is 17.3 Å². The van der Waals surface area contributed by atoms with E-state index in [-0.39, 0.29) is 16.9 Å². The molecule has 0 aliphatic carbocycles. The molecule has 3 rings (SSSR count). The molecule has 0 saturated carbocycles. The fourth-order valence-electron chi connectivity index (χ4n) is 2.85. The van der Waals surface area contributed by atoms with E-state index in [1.165, 1.54) is 24.3 Å². The minimum atomic E-state index is -1.34. The fraction of sp³-hybridized carbons (Fsp3) is 0.0870. The lowest BCUT2D eigenvalue weighted by Gasteiger charge is -2.08. The Labute approximate surface area is 178 Å². The predicted molar refractivity (Wildman–Crippen MR) is 112 cm³/mol. The number of nitrogens with one attached hydrogen (secondary N) is 1. The number of para-hydroxylation sites is 1. The van der Waals surface area contributed by atoms with Crippen LogP contribution < -0.4 is 10.4 Å². The van der Waals surface area contributed by atoms with Gasteiger partial charge in [0.1, 0.15) is 23.2 Å². The molecular weight excluding hydrogens is 404 g/mol. The Bertz CT molecular complexity index is 1190. The Morgan fingerprint density at radius 3 is 2.67 bits per heavy atom. The maximum absolute atomic E-state index is 12.5. The second-order valence-electron chi connectivity index (χ2n) is 6.32. The minimum Gasteiger partial charge on any atom is -0.545 e. The Morgan fingerprint density at radius 1 is 1.20 bits per heavy atom. The largest absolute Gasteiger partial charge is 0.545 e. The van der Waals surface area contributed by atoms with E-state index in [9.17, 15) is 20.0 Å². The smallest absolute Gasteiger partial charge is 0.266 e. The van der Waals surface area contributed by atoms with E-state index >= 15 is 0 Å². The number of carbonyl (C=O) groups excluding carboxylic acids is 2. The molecule has 0 saturated heterocycles.